The zero-order valence-electron chi connectivity index (χ0n) is 10.6. The Kier molecular flexibility index (Phi) is 4.24. The van der Waals surface area contributed by atoms with E-state index in [1.807, 2.05) is 6.07 Å². The van der Waals surface area contributed by atoms with Crippen LogP contribution in [0.3, 0.4) is 0 Å². The van der Waals surface area contributed by atoms with Crippen molar-refractivity contribution in [3.05, 3.63) is 28.2 Å². The summed E-state index contributed by atoms with van der Waals surface area (Å²) >= 11 is 3.34. The molecule has 1 saturated carbocycles. The van der Waals surface area contributed by atoms with Crippen LogP contribution < -0.4 is 4.74 Å². The van der Waals surface area contributed by atoms with E-state index in [2.05, 4.69) is 15.9 Å². The van der Waals surface area contributed by atoms with Gasteiger partial charge in [-0.2, -0.15) is 0 Å². The van der Waals surface area contributed by atoms with Crippen LogP contribution in [-0.4, -0.2) is 24.0 Å². The van der Waals surface area contributed by atoms with Crippen LogP contribution in [0.15, 0.2) is 22.7 Å². The summed E-state index contributed by atoms with van der Waals surface area (Å²) in [5.74, 6) is -0.915. The number of carboxylic acid groups (broad SMARTS) is 1. The highest BCUT2D eigenvalue weighted by Crippen LogP contribution is 2.35. The smallest absolute Gasteiger partial charge is 0.306 e. The molecule has 2 atom stereocenters. The predicted molar refractivity (Wildman–Crippen MR) is 73.5 cm³/mol. The van der Waals surface area contributed by atoms with E-state index in [0.29, 0.717) is 30.6 Å². The van der Waals surface area contributed by atoms with Crippen molar-refractivity contribution in [1.82, 2.24) is 0 Å². The second kappa shape index (κ2) is 5.74. The molecule has 102 valence electrons. The second-order valence-corrected chi connectivity index (χ2v) is 5.67. The molecule has 5 heteroatoms. The number of benzene rings is 1. The minimum atomic E-state index is -0.809. The van der Waals surface area contributed by atoms with E-state index in [1.165, 1.54) is 7.11 Å². The number of carboxylic acids is 1. The van der Waals surface area contributed by atoms with Crippen LogP contribution >= 0.6 is 15.9 Å². The van der Waals surface area contributed by atoms with Crippen LogP contribution in [0.25, 0.3) is 0 Å². The number of hydrogen-bond donors (Lipinski definition) is 1. The molecule has 0 aromatic heterocycles. The van der Waals surface area contributed by atoms with E-state index >= 15 is 0 Å². The summed E-state index contributed by atoms with van der Waals surface area (Å²) in [4.78, 5) is 23.4. The van der Waals surface area contributed by atoms with Crippen molar-refractivity contribution in [2.45, 2.75) is 19.3 Å². The third-order valence-corrected chi connectivity index (χ3v) is 4.07. The van der Waals surface area contributed by atoms with Crippen molar-refractivity contribution >= 4 is 27.7 Å². The van der Waals surface area contributed by atoms with Gasteiger partial charge in [-0.25, -0.2) is 0 Å². The first-order valence-corrected chi connectivity index (χ1v) is 6.92. The number of Topliss-reactive ketones (excluding diaryl/α,β-unsaturated/α-hetero) is 1. The van der Waals surface area contributed by atoms with Crippen LogP contribution in [0.4, 0.5) is 0 Å². The van der Waals surface area contributed by atoms with Crippen LogP contribution in [0, 0.1) is 11.8 Å². The van der Waals surface area contributed by atoms with Crippen molar-refractivity contribution < 1.29 is 19.4 Å². The lowest BCUT2D eigenvalue weighted by Gasteiger charge is -2.12. The highest BCUT2D eigenvalue weighted by Gasteiger charge is 2.35. The molecule has 0 saturated heterocycles. The number of carbonyl (C=O) groups excluding carboxylic acids is 1. The number of hydrogen-bond acceptors (Lipinski definition) is 3. The quantitative estimate of drug-likeness (QED) is 0.863. The maximum atomic E-state index is 12.5. The Morgan fingerprint density at radius 1 is 1.32 bits per heavy atom. The maximum absolute atomic E-state index is 12.5. The number of halogens is 1. The molecule has 1 fully saturated rings. The van der Waals surface area contributed by atoms with Gasteiger partial charge in [0.25, 0.3) is 0 Å². The third-order valence-electron chi connectivity index (χ3n) is 3.58. The maximum Gasteiger partial charge on any atom is 0.306 e. The van der Waals surface area contributed by atoms with Gasteiger partial charge in [0.15, 0.2) is 5.78 Å². The minimum Gasteiger partial charge on any atom is -0.496 e. The molecule has 0 spiro atoms. The van der Waals surface area contributed by atoms with Gasteiger partial charge < -0.3 is 9.84 Å². The topological polar surface area (TPSA) is 63.6 Å². The first-order chi connectivity index (χ1) is 9.02. The molecule has 0 amide bonds. The Morgan fingerprint density at radius 2 is 2.00 bits per heavy atom. The van der Waals surface area contributed by atoms with E-state index in [-0.39, 0.29) is 11.7 Å². The molecular weight excluding hydrogens is 312 g/mol. The monoisotopic (exact) mass is 326 g/mol. The van der Waals surface area contributed by atoms with Gasteiger partial charge >= 0.3 is 5.97 Å². The van der Waals surface area contributed by atoms with Crippen molar-refractivity contribution in [3.8, 4) is 5.75 Å². The van der Waals surface area contributed by atoms with Crippen molar-refractivity contribution in [3.63, 3.8) is 0 Å². The van der Waals surface area contributed by atoms with Gasteiger partial charge in [-0.15, -0.1) is 0 Å². The lowest BCUT2D eigenvalue weighted by molar-refractivity contribution is -0.141. The molecule has 2 unspecified atom stereocenters. The number of ether oxygens (including phenoxy) is 1. The van der Waals surface area contributed by atoms with Crippen molar-refractivity contribution in [2.75, 3.05) is 7.11 Å². The van der Waals surface area contributed by atoms with E-state index in [0.717, 1.165) is 4.47 Å². The molecule has 0 radical (unpaired) electrons. The molecular formula is C14H15BrO4. The Balaban J connectivity index is 2.21. The molecule has 1 aromatic rings. The van der Waals surface area contributed by atoms with Crippen molar-refractivity contribution in [1.29, 1.82) is 0 Å². The lowest BCUT2D eigenvalue weighted by Crippen LogP contribution is -2.15. The molecule has 1 aliphatic carbocycles. The fourth-order valence-corrected chi connectivity index (χ4v) is 2.90. The number of carbonyl (C=O) groups is 2. The molecule has 0 heterocycles. The van der Waals surface area contributed by atoms with Crippen LogP contribution in [0.2, 0.25) is 0 Å². The number of ketones is 1. The zero-order valence-corrected chi connectivity index (χ0v) is 12.1. The third kappa shape index (κ3) is 2.97. The van der Waals surface area contributed by atoms with Gasteiger partial charge in [-0.1, -0.05) is 15.9 Å². The summed E-state index contributed by atoms with van der Waals surface area (Å²) in [6.45, 7) is 0. The normalized spacial score (nSPS) is 22.2. The summed E-state index contributed by atoms with van der Waals surface area (Å²) < 4.78 is 6.01. The molecule has 2 rings (SSSR count). The molecule has 1 aliphatic rings. The first kappa shape index (κ1) is 14.1. The fourth-order valence-electron chi connectivity index (χ4n) is 2.54. The van der Waals surface area contributed by atoms with Crippen LogP contribution in [0.5, 0.6) is 5.75 Å². The van der Waals surface area contributed by atoms with E-state index in [1.54, 1.807) is 12.1 Å². The number of rotatable bonds is 4. The predicted octanol–water partition coefficient (Wildman–Crippen LogP) is 3.14. The Morgan fingerprint density at radius 3 is 2.58 bits per heavy atom. The van der Waals surface area contributed by atoms with E-state index in [9.17, 15) is 9.59 Å². The molecule has 1 N–H and O–H groups in total. The molecule has 19 heavy (non-hydrogen) atoms. The van der Waals surface area contributed by atoms with Gasteiger partial charge in [0, 0.05) is 10.4 Å². The number of methoxy groups -OCH3 is 1. The first-order valence-electron chi connectivity index (χ1n) is 6.13. The molecule has 0 aliphatic heterocycles. The Bertz CT molecular complexity index is 512. The zero-order chi connectivity index (χ0) is 14.0. The van der Waals surface area contributed by atoms with Gasteiger partial charge in [0.2, 0.25) is 0 Å². The summed E-state index contributed by atoms with van der Waals surface area (Å²) in [6.07, 6.45) is 1.62. The largest absolute Gasteiger partial charge is 0.496 e. The average molecular weight is 327 g/mol. The SMILES string of the molecule is COc1ccc(Br)cc1C(=O)C1CCC(C(=O)O)C1. The lowest BCUT2D eigenvalue weighted by atomic mass is 9.94. The van der Waals surface area contributed by atoms with Gasteiger partial charge in [-0.05, 0) is 37.5 Å². The highest BCUT2D eigenvalue weighted by molar-refractivity contribution is 9.10. The van der Waals surface area contributed by atoms with E-state index in [4.69, 9.17) is 9.84 Å². The average Bonchev–Trinajstić information content (AvgIpc) is 2.87. The number of aliphatic carboxylic acids is 1. The fraction of sp³-hybridized carbons (Fsp3) is 0.429. The Hall–Kier alpha value is -1.36. The van der Waals surface area contributed by atoms with E-state index < -0.39 is 11.9 Å². The van der Waals surface area contributed by atoms with Crippen LogP contribution in [-0.2, 0) is 4.79 Å². The molecule has 4 nitrogen and oxygen atoms in total. The van der Waals surface area contributed by atoms with Crippen LogP contribution in [0.1, 0.15) is 29.6 Å². The van der Waals surface area contributed by atoms with Gasteiger partial charge in [0.1, 0.15) is 5.75 Å². The summed E-state index contributed by atoms with van der Waals surface area (Å²) in [6, 6.07) is 5.28. The highest BCUT2D eigenvalue weighted by atomic mass is 79.9. The summed E-state index contributed by atoms with van der Waals surface area (Å²) in [5.41, 5.74) is 0.521. The molecule has 1 aromatic carbocycles. The second-order valence-electron chi connectivity index (χ2n) is 4.75. The van der Waals surface area contributed by atoms with Gasteiger partial charge in [0.05, 0.1) is 18.6 Å². The Labute approximate surface area is 119 Å². The standard InChI is InChI=1S/C14H15BrO4/c1-19-12-5-4-10(15)7-11(12)13(16)8-2-3-9(6-8)14(17)18/h4-5,7-9H,2-3,6H2,1H3,(H,17,18). The van der Waals surface area contributed by atoms with Gasteiger partial charge in [-0.3, -0.25) is 9.59 Å². The molecule has 0 bridgehead atoms. The summed E-state index contributed by atoms with van der Waals surface area (Å²) in [7, 11) is 1.52. The minimum absolute atomic E-state index is 0.0260. The summed E-state index contributed by atoms with van der Waals surface area (Å²) in [5, 5.41) is 8.98. The van der Waals surface area contributed by atoms with Crippen molar-refractivity contribution in [2.24, 2.45) is 11.8 Å².